The number of rotatable bonds is 2. The fourth-order valence-corrected chi connectivity index (χ4v) is 5.82. The Labute approximate surface area is 183 Å². The summed E-state index contributed by atoms with van der Waals surface area (Å²) in [5.74, 6) is 0.993. The van der Waals surface area contributed by atoms with E-state index in [1.54, 1.807) is 7.05 Å². The lowest BCUT2D eigenvalue weighted by molar-refractivity contribution is -0.143. The lowest BCUT2D eigenvalue weighted by Gasteiger charge is -2.44. The van der Waals surface area contributed by atoms with E-state index in [1.807, 2.05) is 4.90 Å². The number of thioether (sulfide) groups is 1. The molecule has 7 nitrogen and oxygen atoms in total. The highest BCUT2D eigenvalue weighted by Gasteiger charge is 2.47. The van der Waals surface area contributed by atoms with Crippen molar-refractivity contribution in [2.45, 2.75) is 48.9 Å². The van der Waals surface area contributed by atoms with Crippen LogP contribution in [0.15, 0.2) is 39.1 Å². The highest BCUT2D eigenvalue weighted by molar-refractivity contribution is 8.03. The van der Waals surface area contributed by atoms with Crippen LogP contribution in [0.3, 0.4) is 0 Å². The van der Waals surface area contributed by atoms with Gasteiger partial charge in [0.1, 0.15) is 10.9 Å². The molecule has 0 amide bonds. The molecule has 4 rings (SSSR count). The summed E-state index contributed by atoms with van der Waals surface area (Å²) in [7, 11) is 1.79. The van der Waals surface area contributed by atoms with Crippen LogP contribution in [0.25, 0.3) is 0 Å². The molecule has 1 spiro atoms. The zero-order chi connectivity index (χ0) is 22.4. The molecule has 0 unspecified atom stereocenters. The first kappa shape index (κ1) is 22.2. The summed E-state index contributed by atoms with van der Waals surface area (Å²) in [6.07, 6.45) is -0.596. The Kier molecular flexibility index (Phi) is 5.86. The Morgan fingerprint density at radius 1 is 1.29 bits per heavy atom. The number of nitrogens with two attached hydrogens (primary N) is 2. The van der Waals surface area contributed by atoms with E-state index >= 15 is 0 Å². The number of aliphatic hydroxyl groups excluding tert-OH is 1. The van der Waals surface area contributed by atoms with Gasteiger partial charge in [-0.05, 0) is 43.2 Å². The van der Waals surface area contributed by atoms with Crippen LogP contribution in [0.5, 0.6) is 0 Å². The number of nitrogens with zero attached hydrogens (tertiary/aromatic N) is 4. The maximum atomic E-state index is 13.3. The Morgan fingerprint density at radius 2 is 2.00 bits per heavy atom. The van der Waals surface area contributed by atoms with Crippen molar-refractivity contribution < 1.29 is 18.3 Å². The predicted octanol–water partition coefficient (Wildman–Crippen LogP) is 2.19. The van der Waals surface area contributed by atoms with Crippen molar-refractivity contribution in [1.82, 2.24) is 14.8 Å². The maximum absolute atomic E-state index is 13.3. The van der Waals surface area contributed by atoms with Gasteiger partial charge in [0, 0.05) is 37.3 Å². The number of halogens is 3. The van der Waals surface area contributed by atoms with E-state index in [4.69, 9.17) is 11.5 Å². The lowest BCUT2D eigenvalue weighted by Crippen LogP contribution is -2.51. The number of piperidine rings is 1. The zero-order valence-electron chi connectivity index (χ0n) is 17.3. The first-order valence-electron chi connectivity index (χ1n) is 10.3. The third kappa shape index (κ3) is 4.35. The van der Waals surface area contributed by atoms with Crippen LogP contribution in [0.1, 0.15) is 31.4 Å². The van der Waals surface area contributed by atoms with Gasteiger partial charge in [0.05, 0.1) is 12.6 Å². The van der Waals surface area contributed by atoms with Crippen molar-refractivity contribution >= 4 is 17.6 Å². The molecule has 1 saturated carbocycles. The van der Waals surface area contributed by atoms with Crippen LogP contribution in [0, 0.1) is 5.41 Å². The Morgan fingerprint density at radius 3 is 2.58 bits per heavy atom. The molecule has 3 aliphatic rings. The minimum Gasteiger partial charge on any atom is -0.393 e. The van der Waals surface area contributed by atoms with Gasteiger partial charge >= 0.3 is 6.18 Å². The Bertz CT molecular complexity index is 897. The van der Waals surface area contributed by atoms with E-state index in [0.29, 0.717) is 18.0 Å². The van der Waals surface area contributed by atoms with E-state index in [0.717, 1.165) is 56.1 Å². The van der Waals surface area contributed by atoms with Crippen LogP contribution in [0.4, 0.5) is 13.2 Å². The number of aromatic nitrogens is 1. The largest absolute Gasteiger partial charge is 0.434 e. The normalized spacial score (nSPS) is 26.6. The predicted molar refractivity (Wildman–Crippen MR) is 113 cm³/mol. The molecule has 1 aliphatic carbocycles. The Balaban J connectivity index is 1.50. The van der Waals surface area contributed by atoms with Gasteiger partial charge in [-0.25, -0.2) is 4.99 Å². The molecule has 5 N–H and O–H groups in total. The second kappa shape index (κ2) is 8.18. The van der Waals surface area contributed by atoms with E-state index in [-0.39, 0.29) is 28.3 Å². The number of likely N-dealkylation sites (tertiary alicyclic amines) is 1. The van der Waals surface area contributed by atoms with Crippen molar-refractivity contribution in [3.63, 3.8) is 0 Å². The highest BCUT2D eigenvalue weighted by Crippen LogP contribution is 2.46. The maximum Gasteiger partial charge on any atom is 0.434 e. The summed E-state index contributed by atoms with van der Waals surface area (Å²) in [6.45, 7) is 1.99. The SMILES string of the molecule is CN1CC(N2CCC3(CC2)C[C@@H](O)C[C@@H]3N)=NC(N)=C1Sc1cccnc1C(F)(F)F. The van der Waals surface area contributed by atoms with Gasteiger partial charge in [0.2, 0.25) is 0 Å². The number of alkyl halides is 3. The number of amidine groups is 1. The molecule has 1 aromatic heterocycles. The van der Waals surface area contributed by atoms with E-state index in [9.17, 15) is 18.3 Å². The molecular formula is C20H27F3N6OS. The van der Waals surface area contributed by atoms with Crippen molar-refractivity contribution in [3.8, 4) is 0 Å². The standard InChI is InChI=1S/C20H27F3N6OS/c1-28-11-15(29-7-4-19(5-8-29)10-12(30)9-14(19)24)27-17(25)18(28)31-13-3-2-6-26-16(13)20(21,22)23/h2-3,6,12,14,30H,4-5,7-11,24-25H2,1H3/t12-,14-/m0/s1. The van der Waals surface area contributed by atoms with Gasteiger partial charge in [0.15, 0.2) is 11.5 Å². The van der Waals surface area contributed by atoms with Gasteiger partial charge in [-0.3, -0.25) is 4.98 Å². The topological polar surface area (TPSA) is 104 Å². The van der Waals surface area contributed by atoms with Crippen molar-refractivity contribution in [2.24, 2.45) is 21.9 Å². The quantitative estimate of drug-likeness (QED) is 0.627. The summed E-state index contributed by atoms with van der Waals surface area (Å²) in [6, 6.07) is 2.87. The van der Waals surface area contributed by atoms with Gasteiger partial charge < -0.3 is 26.4 Å². The van der Waals surface area contributed by atoms with Crippen LogP contribution >= 0.6 is 11.8 Å². The second-order valence-electron chi connectivity index (χ2n) is 8.57. The van der Waals surface area contributed by atoms with Crippen LogP contribution in [0.2, 0.25) is 0 Å². The number of aliphatic imine (C=N–C) groups is 1. The van der Waals surface area contributed by atoms with Crippen LogP contribution < -0.4 is 11.5 Å². The summed E-state index contributed by atoms with van der Waals surface area (Å²) < 4.78 is 39.9. The van der Waals surface area contributed by atoms with Crippen LogP contribution in [-0.4, -0.2) is 64.6 Å². The molecule has 0 radical (unpaired) electrons. The summed E-state index contributed by atoms with van der Waals surface area (Å²) in [5, 5.41) is 10.5. The second-order valence-corrected chi connectivity index (χ2v) is 9.60. The van der Waals surface area contributed by atoms with E-state index in [1.165, 1.54) is 12.1 Å². The van der Waals surface area contributed by atoms with E-state index in [2.05, 4.69) is 14.9 Å². The van der Waals surface area contributed by atoms with Crippen molar-refractivity contribution in [2.75, 3.05) is 26.7 Å². The van der Waals surface area contributed by atoms with Gasteiger partial charge in [-0.1, -0.05) is 11.8 Å². The minimum absolute atomic E-state index is 0.00727. The number of aliphatic hydroxyl groups is 1. The molecule has 0 aromatic carbocycles. The molecular weight excluding hydrogens is 429 g/mol. The smallest absolute Gasteiger partial charge is 0.393 e. The molecule has 170 valence electrons. The highest BCUT2D eigenvalue weighted by atomic mass is 32.2. The van der Waals surface area contributed by atoms with Crippen molar-refractivity contribution in [3.05, 3.63) is 34.9 Å². The number of pyridine rings is 1. The molecule has 1 saturated heterocycles. The summed E-state index contributed by atoms with van der Waals surface area (Å²) >= 11 is 0.927. The monoisotopic (exact) mass is 456 g/mol. The number of likely N-dealkylation sites (N-methyl/N-ethyl adjacent to an activating group) is 1. The lowest BCUT2D eigenvalue weighted by atomic mass is 9.74. The average molecular weight is 457 g/mol. The molecule has 11 heteroatoms. The molecule has 31 heavy (non-hydrogen) atoms. The molecule has 0 bridgehead atoms. The first-order valence-corrected chi connectivity index (χ1v) is 11.1. The Hall–Kier alpha value is -1.98. The number of hydrogen-bond acceptors (Lipinski definition) is 8. The van der Waals surface area contributed by atoms with Crippen LogP contribution in [-0.2, 0) is 6.18 Å². The van der Waals surface area contributed by atoms with Gasteiger partial charge in [0.25, 0.3) is 0 Å². The molecule has 2 fully saturated rings. The van der Waals surface area contributed by atoms with Gasteiger partial charge in [-0.15, -0.1) is 0 Å². The molecule has 2 aliphatic heterocycles. The third-order valence-corrected chi connectivity index (χ3v) is 7.78. The zero-order valence-corrected chi connectivity index (χ0v) is 18.1. The fourth-order valence-electron chi connectivity index (χ4n) is 4.82. The summed E-state index contributed by atoms with van der Waals surface area (Å²) in [5.41, 5.74) is 11.5. The number of hydrogen-bond donors (Lipinski definition) is 3. The third-order valence-electron chi connectivity index (χ3n) is 6.52. The first-order chi connectivity index (χ1) is 14.6. The van der Waals surface area contributed by atoms with Gasteiger partial charge in [-0.2, -0.15) is 13.2 Å². The fraction of sp³-hybridized carbons (Fsp3) is 0.600. The van der Waals surface area contributed by atoms with Crippen molar-refractivity contribution in [1.29, 1.82) is 0 Å². The summed E-state index contributed by atoms with van der Waals surface area (Å²) in [4.78, 5) is 12.0. The molecule has 1 aromatic rings. The van der Waals surface area contributed by atoms with E-state index < -0.39 is 11.9 Å². The molecule has 3 heterocycles. The average Bonchev–Trinajstić information content (AvgIpc) is 2.97. The molecule has 2 atom stereocenters. The minimum atomic E-state index is -4.54.